The molecule has 0 aliphatic rings. The lowest BCUT2D eigenvalue weighted by Crippen LogP contribution is -2.35. The second-order valence-electron chi connectivity index (χ2n) is 3.63. The van der Waals surface area contributed by atoms with Crippen molar-refractivity contribution in [1.29, 1.82) is 0 Å². The lowest BCUT2D eigenvalue weighted by Gasteiger charge is -2.12. The normalized spacial score (nSPS) is 12.3. The quantitative estimate of drug-likeness (QED) is 0.840. The molecule has 0 bridgehead atoms. The van der Waals surface area contributed by atoms with Crippen molar-refractivity contribution in [2.45, 2.75) is 25.8 Å². The summed E-state index contributed by atoms with van der Waals surface area (Å²) in [6, 6.07) is 1.18. The van der Waals surface area contributed by atoms with Gasteiger partial charge >= 0.3 is 0 Å². The van der Waals surface area contributed by atoms with Crippen molar-refractivity contribution >= 4 is 27.5 Å². The SMILES string of the molecule is CCC[C@H](N)C(=O)Nc1cc(Br)c(F)cc1F. The molecule has 6 heteroatoms. The molecule has 0 saturated carbocycles. The predicted molar refractivity (Wildman–Crippen MR) is 65.6 cm³/mol. The highest BCUT2D eigenvalue weighted by Crippen LogP contribution is 2.23. The Morgan fingerprint density at radius 1 is 1.47 bits per heavy atom. The van der Waals surface area contributed by atoms with E-state index in [0.29, 0.717) is 12.5 Å². The molecule has 0 saturated heterocycles. The van der Waals surface area contributed by atoms with Gasteiger partial charge in [0, 0.05) is 6.07 Å². The molecule has 1 aromatic carbocycles. The molecule has 17 heavy (non-hydrogen) atoms. The number of carbonyl (C=O) groups is 1. The Kier molecular flexibility index (Phi) is 5.02. The van der Waals surface area contributed by atoms with E-state index in [1.807, 2.05) is 6.92 Å². The Balaban J connectivity index is 2.81. The van der Waals surface area contributed by atoms with E-state index < -0.39 is 23.6 Å². The predicted octanol–water partition coefficient (Wildman–Crippen LogP) is 2.79. The number of halogens is 3. The Morgan fingerprint density at radius 3 is 2.71 bits per heavy atom. The monoisotopic (exact) mass is 306 g/mol. The van der Waals surface area contributed by atoms with Crippen molar-refractivity contribution in [1.82, 2.24) is 0 Å². The number of nitrogens with one attached hydrogen (secondary N) is 1. The van der Waals surface area contributed by atoms with Crippen LogP contribution in [-0.2, 0) is 4.79 Å². The van der Waals surface area contributed by atoms with Crippen molar-refractivity contribution in [3.05, 3.63) is 28.2 Å². The first-order valence-electron chi connectivity index (χ1n) is 5.16. The number of hydrogen-bond acceptors (Lipinski definition) is 2. The molecule has 3 N–H and O–H groups in total. The van der Waals surface area contributed by atoms with E-state index in [9.17, 15) is 13.6 Å². The maximum atomic E-state index is 13.3. The van der Waals surface area contributed by atoms with E-state index >= 15 is 0 Å². The molecule has 1 rings (SSSR count). The van der Waals surface area contributed by atoms with Crippen LogP contribution in [0.2, 0.25) is 0 Å². The van der Waals surface area contributed by atoms with Gasteiger partial charge in [0.25, 0.3) is 0 Å². The minimum atomic E-state index is -0.831. The molecule has 1 amide bonds. The van der Waals surface area contributed by atoms with Crippen molar-refractivity contribution in [2.24, 2.45) is 5.73 Å². The summed E-state index contributed by atoms with van der Waals surface area (Å²) in [6.45, 7) is 1.89. The minimum absolute atomic E-state index is 0.0817. The molecule has 0 aliphatic carbocycles. The second-order valence-corrected chi connectivity index (χ2v) is 4.48. The standard InChI is InChI=1S/C11H13BrF2N2O/c1-2-3-9(15)11(17)16-10-4-6(12)7(13)5-8(10)14/h4-5,9H,2-3,15H2,1H3,(H,16,17)/t9-/m0/s1. The van der Waals surface area contributed by atoms with Gasteiger partial charge in [0.2, 0.25) is 5.91 Å². The highest BCUT2D eigenvalue weighted by molar-refractivity contribution is 9.10. The van der Waals surface area contributed by atoms with Gasteiger partial charge in [0.05, 0.1) is 16.2 Å². The minimum Gasteiger partial charge on any atom is -0.322 e. The highest BCUT2D eigenvalue weighted by Gasteiger charge is 2.15. The van der Waals surface area contributed by atoms with Crippen molar-refractivity contribution in [3.63, 3.8) is 0 Å². The fourth-order valence-electron chi connectivity index (χ4n) is 1.29. The van der Waals surface area contributed by atoms with Crippen LogP contribution in [0.25, 0.3) is 0 Å². The van der Waals surface area contributed by atoms with Crippen LogP contribution >= 0.6 is 15.9 Å². The molecule has 0 aliphatic heterocycles. The maximum Gasteiger partial charge on any atom is 0.241 e. The molecule has 0 spiro atoms. The summed E-state index contributed by atoms with van der Waals surface area (Å²) in [5.74, 6) is -2.04. The number of carbonyl (C=O) groups excluding carboxylic acids is 1. The van der Waals surface area contributed by atoms with Gasteiger partial charge in [0.15, 0.2) is 0 Å². The third-order valence-electron chi connectivity index (χ3n) is 2.20. The number of hydrogen-bond donors (Lipinski definition) is 2. The van der Waals surface area contributed by atoms with Gasteiger partial charge in [-0.15, -0.1) is 0 Å². The number of amides is 1. The van der Waals surface area contributed by atoms with Crippen LogP contribution in [0.3, 0.4) is 0 Å². The molecule has 94 valence electrons. The van der Waals surface area contributed by atoms with E-state index in [1.165, 1.54) is 6.07 Å². The summed E-state index contributed by atoms with van der Waals surface area (Å²) in [4.78, 5) is 11.5. The molecular formula is C11H13BrF2N2O. The zero-order valence-corrected chi connectivity index (χ0v) is 10.9. The number of benzene rings is 1. The summed E-state index contributed by atoms with van der Waals surface area (Å²) in [5, 5.41) is 2.33. The Morgan fingerprint density at radius 2 is 2.12 bits per heavy atom. The average molecular weight is 307 g/mol. The van der Waals surface area contributed by atoms with Crippen LogP contribution in [-0.4, -0.2) is 11.9 Å². The van der Waals surface area contributed by atoms with Gasteiger partial charge in [-0.3, -0.25) is 4.79 Å². The zero-order chi connectivity index (χ0) is 13.0. The maximum absolute atomic E-state index is 13.3. The Labute approximate surface area is 107 Å². The lowest BCUT2D eigenvalue weighted by molar-refractivity contribution is -0.117. The first kappa shape index (κ1) is 14.1. The molecule has 0 radical (unpaired) electrons. The van der Waals surface area contributed by atoms with Gasteiger partial charge in [-0.05, 0) is 28.4 Å². The van der Waals surface area contributed by atoms with E-state index in [-0.39, 0.29) is 10.2 Å². The van der Waals surface area contributed by atoms with Crippen molar-refractivity contribution in [2.75, 3.05) is 5.32 Å². The smallest absolute Gasteiger partial charge is 0.241 e. The van der Waals surface area contributed by atoms with E-state index in [4.69, 9.17) is 5.73 Å². The Bertz CT molecular complexity index is 426. The summed E-state index contributed by atoms with van der Waals surface area (Å²) < 4.78 is 26.4. The topological polar surface area (TPSA) is 55.1 Å². The van der Waals surface area contributed by atoms with Crippen LogP contribution in [0.15, 0.2) is 16.6 Å². The largest absolute Gasteiger partial charge is 0.322 e. The third-order valence-corrected chi connectivity index (χ3v) is 2.81. The second kappa shape index (κ2) is 6.07. The molecule has 0 aromatic heterocycles. The molecule has 0 heterocycles. The van der Waals surface area contributed by atoms with Crippen LogP contribution < -0.4 is 11.1 Å². The zero-order valence-electron chi connectivity index (χ0n) is 9.27. The average Bonchev–Trinajstić information content (AvgIpc) is 2.26. The van der Waals surface area contributed by atoms with Crippen molar-refractivity contribution in [3.8, 4) is 0 Å². The summed E-state index contributed by atoms with van der Waals surface area (Å²) in [7, 11) is 0. The molecular weight excluding hydrogens is 294 g/mol. The molecule has 3 nitrogen and oxygen atoms in total. The summed E-state index contributed by atoms with van der Waals surface area (Å²) in [5.41, 5.74) is 5.49. The van der Waals surface area contributed by atoms with E-state index in [1.54, 1.807) is 0 Å². The lowest BCUT2D eigenvalue weighted by atomic mass is 10.1. The van der Waals surface area contributed by atoms with Crippen molar-refractivity contribution < 1.29 is 13.6 Å². The first-order valence-corrected chi connectivity index (χ1v) is 5.96. The molecule has 0 fully saturated rings. The number of anilines is 1. The number of rotatable bonds is 4. The van der Waals surface area contributed by atoms with Crippen LogP contribution in [0.4, 0.5) is 14.5 Å². The molecule has 1 aromatic rings. The van der Waals surface area contributed by atoms with Gasteiger partial charge < -0.3 is 11.1 Å². The van der Waals surface area contributed by atoms with Gasteiger partial charge in [-0.2, -0.15) is 0 Å². The van der Waals surface area contributed by atoms with Crippen LogP contribution in [0.1, 0.15) is 19.8 Å². The number of nitrogens with two attached hydrogens (primary N) is 1. The van der Waals surface area contributed by atoms with E-state index in [2.05, 4.69) is 21.2 Å². The van der Waals surface area contributed by atoms with Gasteiger partial charge in [0.1, 0.15) is 11.6 Å². The van der Waals surface area contributed by atoms with Gasteiger partial charge in [-0.1, -0.05) is 13.3 Å². The van der Waals surface area contributed by atoms with Crippen LogP contribution in [0.5, 0.6) is 0 Å². The third kappa shape index (κ3) is 3.74. The van der Waals surface area contributed by atoms with Crippen LogP contribution in [0, 0.1) is 11.6 Å². The molecule has 0 unspecified atom stereocenters. The fraction of sp³-hybridized carbons (Fsp3) is 0.364. The highest BCUT2D eigenvalue weighted by atomic mass is 79.9. The Hall–Kier alpha value is -1.01. The van der Waals surface area contributed by atoms with E-state index in [0.717, 1.165) is 6.42 Å². The molecule has 1 atom stereocenters. The fourth-order valence-corrected chi connectivity index (χ4v) is 1.63. The van der Waals surface area contributed by atoms with Gasteiger partial charge in [-0.25, -0.2) is 8.78 Å². The first-order chi connectivity index (χ1) is 7.95. The summed E-state index contributed by atoms with van der Waals surface area (Å²) in [6.07, 6.45) is 1.26. The summed E-state index contributed by atoms with van der Waals surface area (Å²) >= 11 is 2.91.